The van der Waals surface area contributed by atoms with Crippen molar-refractivity contribution in [1.29, 1.82) is 0 Å². The topological polar surface area (TPSA) is 26.0 Å². The number of thioether (sulfide) groups is 1. The number of nitrogens with zero attached hydrogens (tertiary/aromatic N) is 1. The van der Waals surface area contributed by atoms with Crippen molar-refractivity contribution in [2.45, 2.75) is 38.0 Å². The molecule has 5 aromatic rings. The van der Waals surface area contributed by atoms with Crippen molar-refractivity contribution in [3.63, 3.8) is 0 Å². The van der Waals surface area contributed by atoms with E-state index in [0.717, 1.165) is 28.0 Å². The summed E-state index contributed by atoms with van der Waals surface area (Å²) in [6.07, 6.45) is 1.92. The van der Waals surface area contributed by atoms with Gasteiger partial charge in [0.2, 0.25) is 0 Å². The van der Waals surface area contributed by atoms with Gasteiger partial charge in [-0.15, -0.1) is 11.3 Å². The molecule has 4 heteroatoms. The van der Waals surface area contributed by atoms with Gasteiger partial charge >= 0.3 is 0 Å². The summed E-state index contributed by atoms with van der Waals surface area (Å²) in [7, 11) is 0. The minimum Gasteiger partial charge on any atom is -0.461 e. The average Bonchev–Trinajstić information content (AvgIpc) is 3.23. The molecule has 0 radical (unpaired) electrons. The summed E-state index contributed by atoms with van der Waals surface area (Å²) in [4.78, 5) is 6.09. The van der Waals surface area contributed by atoms with Gasteiger partial charge in [-0.2, -0.15) is 0 Å². The molecule has 0 N–H and O–H groups in total. The van der Waals surface area contributed by atoms with Gasteiger partial charge in [-0.1, -0.05) is 45.2 Å². The standard InChI is InChI=1S/C26H23NOS2/c1-6-29-21-8-7-16(13-19(21)26(3,4)5)25-24-18-12-17-11-15(2)28-20(17)14-23(18)30-22(24)9-10-27-25/h6-14H,1H2,2-5H3. The van der Waals surface area contributed by atoms with Crippen LogP contribution in [0, 0.1) is 6.92 Å². The van der Waals surface area contributed by atoms with Gasteiger partial charge in [-0.25, -0.2) is 0 Å². The van der Waals surface area contributed by atoms with E-state index >= 15 is 0 Å². The fourth-order valence-corrected chi connectivity index (χ4v) is 5.99. The van der Waals surface area contributed by atoms with E-state index in [1.807, 2.05) is 18.5 Å². The molecule has 0 bridgehead atoms. The Morgan fingerprint density at radius 1 is 1.07 bits per heavy atom. The number of furan rings is 1. The Morgan fingerprint density at radius 2 is 1.90 bits per heavy atom. The predicted octanol–water partition coefficient (Wildman–Crippen LogP) is 8.70. The molecule has 0 spiro atoms. The highest BCUT2D eigenvalue weighted by Gasteiger charge is 2.21. The molecular weight excluding hydrogens is 406 g/mol. The van der Waals surface area contributed by atoms with Gasteiger partial charge in [0.05, 0.1) is 5.69 Å². The Balaban J connectivity index is 1.80. The van der Waals surface area contributed by atoms with Crippen molar-refractivity contribution in [1.82, 2.24) is 4.98 Å². The van der Waals surface area contributed by atoms with Crippen LogP contribution < -0.4 is 0 Å². The lowest BCUT2D eigenvalue weighted by Crippen LogP contribution is -2.12. The van der Waals surface area contributed by atoms with Crippen LogP contribution in [0.15, 0.2) is 70.0 Å². The van der Waals surface area contributed by atoms with Crippen molar-refractivity contribution < 1.29 is 4.42 Å². The molecule has 2 nitrogen and oxygen atoms in total. The van der Waals surface area contributed by atoms with Crippen LogP contribution in [0.1, 0.15) is 32.1 Å². The molecule has 0 aliphatic rings. The first-order valence-electron chi connectivity index (χ1n) is 9.99. The molecule has 150 valence electrons. The first-order valence-corrected chi connectivity index (χ1v) is 11.7. The number of benzene rings is 2. The maximum atomic E-state index is 5.86. The van der Waals surface area contributed by atoms with Crippen LogP contribution >= 0.6 is 23.1 Å². The van der Waals surface area contributed by atoms with E-state index in [1.165, 1.54) is 30.6 Å². The Morgan fingerprint density at radius 3 is 2.67 bits per heavy atom. The molecule has 0 amide bonds. The second kappa shape index (κ2) is 7.00. The number of hydrogen-bond donors (Lipinski definition) is 0. The summed E-state index contributed by atoms with van der Waals surface area (Å²) in [5.74, 6) is 0.940. The zero-order valence-corrected chi connectivity index (χ0v) is 19.2. The van der Waals surface area contributed by atoms with Crippen LogP contribution in [0.4, 0.5) is 0 Å². The van der Waals surface area contributed by atoms with E-state index < -0.39 is 0 Å². The summed E-state index contributed by atoms with van der Waals surface area (Å²) >= 11 is 3.48. The Labute approximate surface area is 184 Å². The van der Waals surface area contributed by atoms with Crippen LogP contribution in [-0.4, -0.2) is 4.98 Å². The number of thiophene rings is 1. The molecule has 0 atom stereocenters. The van der Waals surface area contributed by atoms with E-state index in [9.17, 15) is 0 Å². The highest BCUT2D eigenvalue weighted by molar-refractivity contribution is 8.02. The normalized spacial score (nSPS) is 12.3. The summed E-state index contributed by atoms with van der Waals surface area (Å²) in [5.41, 5.74) is 4.49. The van der Waals surface area contributed by atoms with Crippen LogP contribution in [0.5, 0.6) is 0 Å². The Hall–Kier alpha value is -2.56. The van der Waals surface area contributed by atoms with Gasteiger partial charge in [0.25, 0.3) is 0 Å². The van der Waals surface area contributed by atoms with E-state index in [1.54, 1.807) is 23.1 Å². The lowest BCUT2D eigenvalue weighted by molar-refractivity contribution is 0.578. The lowest BCUT2D eigenvalue weighted by atomic mass is 9.85. The van der Waals surface area contributed by atoms with E-state index in [2.05, 4.69) is 69.8 Å². The molecule has 3 aromatic heterocycles. The van der Waals surface area contributed by atoms with Crippen LogP contribution in [0.25, 0.3) is 42.4 Å². The van der Waals surface area contributed by atoms with Crippen molar-refractivity contribution in [3.8, 4) is 11.3 Å². The summed E-state index contributed by atoms with van der Waals surface area (Å²) < 4.78 is 8.34. The monoisotopic (exact) mass is 429 g/mol. The number of pyridine rings is 1. The predicted molar refractivity (Wildman–Crippen MR) is 132 cm³/mol. The largest absolute Gasteiger partial charge is 0.461 e. The number of aryl methyl sites for hydroxylation is 1. The summed E-state index contributed by atoms with van der Waals surface area (Å²) in [6.45, 7) is 12.7. The van der Waals surface area contributed by atoms with E-state index in [4.69, 9.17) is 9.40 Å². The molecule has 0 aliphatic carbocycles. The van der Waals surface area contributed by atoms with Gasteiger partial charge in [0.1, 0.15) is 11.3 Å². The first-order chi connectivity index (χ1) is 14.3. The fourth-order valence-electron chi connectivity index (χ4n) is 4.06. The zero-order valence-electron chi connectivity index (χ0n) is 17.6. The minimum atomic E-state index is 0.0342. The third-order valence-corrected chi connectivity index (χ3v) is 7.31. The summed E-state index contributed by atoms with van der Waals surface area (Å²) in [6, 6.07) is 15.3. The van der Waals surface area contributed by atoms with Gasteiger partial charge in [0, 0.05) is 42.2 Å². The molecule has 0 unspecified atom stereocenters. The second-order valence-corrected chi connectivity index (χ2v) is 10.7. The van der Waals surface area contributed by atoms with Crippen molar-refractivity contribution in [2.24, 2.45) is 0 Å². The smallest absolute Gasteiger partial charge is 0.135 e. The molecule has 0 fully saturated rings. The number of rotatable bonds is 3. The molecule has 0 saturated carbocycles. The Bertz CT molecular complexity index is 1430. The molecular formula is C26H23NOS2. The van der Waals surface area contributed by atoms with Crippen molar-refractivity contribution in [2.75, 3.05) is 0 Å². The van der Waals surface area contributed by atoms with Gasteiger partial charge in [-0.05, 0) is 59.7 Å². The molecule has 3 heterocycles. The van der Waals surface area contributed by atoms with Crippen LogP contribution in [0.3, 0.4) is 0 Å². The third kappa shape index (κ3) is 3.15. The zero-order chi connectivity index (χ0) is 21.0. The van der Waals surface area contributed by atoms with Crippen LogP contribution in [-0.2, 0) is 5.41 Å². The highest BCUT2D eigenvalue weighted by Crippen LogP contribution is 2.42. The van der Waals surface area contributed by atoms with E-state index in [0.29, 0.717) is 0 Å². The molecule has 2 aromatic carbocycles. The maximum Gasteiger partial charge on any atom is 0.135 e. The highest BCUT2D eigenvalue weighted by atomic mass is 32.2. The SMILES string of the molecule is C=CSc1ccc(-c2nccc3sc4cc5oc(C)cc5cc4c23)cc1C(C)(C)C. The van der Waals surface area contributed by atoms with Gasteiger partial charge in [-0.3, -0.25) is 4.98 Å². The number of fused-ring (bicyclic) bond motifs is 4. The van der Waals surface area contributed by atoms with Gasteiger partial charge < -0.3 is 4.42 Å². The van der Waals surface area contributed by atoms with Crippen LogP contribution in [0.2, 0.25) is 0 Å². The average molecular weight is 430 g/mol. The summed E-state index contributed by atoms with van der Waals surface area (Å²) in [5, 5.41) is 5.51. The van der Waals surface area contributed by atoms with Crippen molar-refractivity contribution >= 4 is 54.2 Å². The van der Waals surface area contributed by atoms with E-state index in [-0.39, 0.29) is 5.41 Å². The Kier molecular flexibility index (Phi) is 4.53. The van der Waals surface area contributed by atoms with Crippen molar-refractivity contribution in [3.05, 3.63) is 72.0 Å². The number of hydrogen-bond acceptors (Lipinski definition) is 4. The molecule has 0 saturated heterocycles. The minimum absolute atomic E-state index is 0.0342. The quantitative estimate of drug-likeness (QED) is 0.268. The fraction of sp³-hybridized carbons (Fsp3) is 0.192. The van der Waals surface area contributed by atoms with Gasteiger partial charge in [0.15, 0.2) is 0 Å². The lowest BCUT2D eigenvalue weighted by Gasteiger charge is -2.23. The third-order valence-electron chi connectivity index (χ3n) is 5.42. The maximum absolute atomic E-state index is 5.86. The molecule has 30 heavy (non-hydrogen) atoms. The molecule has 0 aliphatic heterocycles. The number of aromatic nitrogens is 1. The first kappa shape index (κ1) is 19.4. The second-order valence-electron chi connectivity index (χ2n) is 8.62. The molecule has 5 rings (SSSR count).